The number of amides is 1. The number of carbonyl (C=O) groups is 2. The van der Waals surface area contributed by atoms with Gasteiger partial charge in [0.05, 0.1) is 0 Å². The highest BCUT2D eigenvalue weighted by Crippen LogP contribution is 2.11. The average Bonchev–Trinajstić information content (AvgIpc) is 2.63. The molecule has 146 valence electrons. The van der Waals surface area contributed by atoms with Crippen LogP contribution >= 0.6 is 0 Å². The molecule has 0 bridgehead atoms. The number of quaternary nitrogens is 1. The molecule has 0 spiro atoms. The molecule has 5 nitrogen and oxygen atoms in total. The Bertz CT molecular complexity index is 707. The van der Waals surface area contributed by atoms with E-state index in [-0.39, 0.29) is 11.9 Å². The highest BCUT2D eigenvalue weighted by Gasteiger charge is 2.28. The third-order valence-electron chi connectivity index (χ3n) is 3.48. The van der Waals surface area contributed by atoms with Crippen molar-refractivity contribution >= 4 is 11.9 Å². The summed E-state index contributed by atoms with van der Waals surface area (Å²) in [6.07, 6.45) is -3.66. The zero-order chi connectivity index (χ0) is 20.3. The number of aliphatic carboxylic acids is 1. The molecule has 27 heavy (non-hydrogen) atoms. The Kier molecular flexibility index (Phi) is 9.01. The number of rotatable bonds is 6. The van der Waals surface area contributed by atoms with Gasteiger partial charge in [0.2, 0.25) is 0 Å². The quantitative estimate of drug-likeness (QED) is 0.761. The van der Waals surface area contributed by atoms with Crippen molar-refractivity contribution in [1.29, 1.82) is 0 Å². The molecule has 1 amide bonds. The molecule has 0 heterocycles. The van der Waals surface area contributed by atoms with Crippen molar-refractivity contribution in [3.05, 3.63) is 71.8 Å². The van der Waals surface area contributed by atoms with E-state index in [1.54, 1.807) is 0 Å². The van der Waals surface area contributed by atoms with Gasteiger partial charge in [-0.15, -0.1) is 0 Å². The lowest BCUT2D eigenvalue weighted by atomic mass is 10.1. The number of benzene rings is 2. The lowest BCUT2D eigenvalue weighted by molar-refractivity contribution is -0.403. The van der Waals surface area contributed by atoms with Crippen LogP contribution in [-0.2, 0) is 22.4 Å². The number of alkyl halides is 3. The van der Waals surface area contributed by atoms with Crippen LogP contribution in [0.3, 0.4) is 0 Å². The molecular formula is C19H21F3N2O3. The fraction of sp³-hybridized carbons (Fsp3) is 0.263. The van der Waals surface area contributed by atoms with E-state index in [1.807, 2.05) is 48.5 Å². The Morgan fingerprint density at radius 2 is 1.41 bits per heavy atom. The van der Waals surface area contributed by atoms with Crippen LogP contribution in [0.1, 0.15) is 11.1 Å². The van der Waals surface area contributed by atoms with E-state index in [4.69, 9.17) is 9.90 Å². The van der Waals surface area contributed by atoms with E-state index in [0.717, 1.165) is 12.0 Å². The molecule has 2 aromatic rings. The van der Waals surface area contributed by atoms with E-state index < -0.39 is 12.1 Å². The van der Waals surface area contributed by atoms with Crippen LogP contribution in [-0.4, -0.2) is 30.6 Å². The molecule has 1 atom stereocenters. The largest absolute Gasteiger partial charge is 0.542 e. The standard InChI is InChI=1S/C17H20N2O.C2HF3O2/c18-16(13-15-9-5-2-6-10-15)17(20)19-12-11-14-7-3-1-4-8-14;3-2(4,5)1(6)7/h1-10,16H,11-13,18H2,(H,19,20);(H,6,7)/t16-;/m0./s1. The Hall–Kier alpha value is -2.87. The number of nitrogens with one attached hydrogen (secondary N) is 1. The predicted octanol–water partition coefficient (Wildman–Crippen LogP) is 0.497. The summed E-state index contributed by atoms with van der Waals surface area (Å²) in [6.45, 7) is 0.656. The summed E-state index contributed by atoms with van der Waals surface area (Å²) in [5, 5.41) is 11.7. The minimum atomic E-state index is -5.19. The Morgan fingerprint density at radius 3 is 1.85 bits per heavy atom. The second kappa shape index (κ2) is 11.0. The average molecular weight is 382 g/mol. The number of carbonyl (C=O) groups excluding carboxylic acids is 2. The lowest BCUT2D eigenvalue weighted by Gasteiger charge is -2.10. The van der Waals surface area contributed by atoms with Gasteiger partial charge in [-0.2, -0.15) is 13.2 Å². The molecule has 0 aliphatic carbocycles. The number of halogens is 3. The summed E-state index contributed by atoms with van der Waals surface area (Å²) >= 11 is 0. The van der Waals surface area contributed by atoms with Gasteiger partial charge in [-0.25, -0.2) is 0 Å². The van der Waals surface area contributed by atoms with E-state index in [9.17, 15) is 18.0 Å². The number of carboxylic acids is 1. The van der Waals surface area contributed by atoms with Crippen LogP contribution in [0.2, 0.25) is 0 Å². The Balaban J connectivity index is 0.000000445. The van der Waals surface area contributed by atoms with E-state index in [1.165, 1.54) is 5.56 Å². The topological polar surface area (TPSA) is 96.9 Å². The van der Waals surface area contributed by atoms with E-state index >= 15 is 0 Å². The minimum absolute atomic E-state index is 0.0183. The summed E-state index contributed by atoms with van der Waals surface area (Å²) < 4.78 is 31.5. The van der Waals surface area contributed by atoms with Crippen molar-refractivity contribution in [2.75, 3.05) is 6.54 Å². The van der Waals surface area contributed by atoms with Gasteiger partial charge in [0, 0.05) is 13.0 Å². The zero-order valence-electron chi connectivity index (χ0n) is 14.5. The molecule has 0 aliphatic heterocycles. The van der Waals surface area contributed by atoms with Gasteiger partial charge >= 0.3 is 6.18 Å². The first-order valence-electron chi connectivity index (χ1n) is 8.17. The first-order valence-corrected chi connectivity index (χ1v) is 8.17. The highest BCUT2D eigenvalue weighted by molar-refractivity contribution is 5.80. The SMILES string of the molecule is O=C([O-])C(F)(F)F.[NH3+][C@@H](Cc1ccccc1)C(=O)NCCc1ccccc1. The Labute approximate surface area is 155 Å². The molecular weight excluding hydrogens is 361 g/mol. The van der Waals surface area contributed by atoms with Crippen molar-refractivity contribution in [2.45, 2.75) is 25.1 Å². The molecule has 0 fully saturated rings. The molecule has 0 unspecified atom stereocenters. The van der Waals surface area contributed by atoms with Crippen molar-refractivity contribution < 1.29 is 33.6 Å². The molecule has 0 saturated carbocycles. The van der Waals surface area contributed by atoms with Crippen LogP contribution in [0.5, 0.6) is 0 Å². The third-order valence-corrected chi connectivity index (χ3v) is 3.48. The maximum absolute atomic E-state index is 12.0. The normalized spacial score (nSPS) is 11.7. The smallest absolute Gasteiger partial charge is 0.430 e. The van der Waals surface area contributed by atoms with E-state index in [2.05, 4.69) is 23.2 Å². The van der Waals surface area contributed by atoms with Crippen LogP contribution in [0.4, 0.5) is 13.2 Å². The molecule has 0 saturated heterocycles. The monoisotopic (exact) mass is 382 g/mol. The fourth-order valence-corrected chi connectivity index (χ4v) is 2.11. The van der Waals surface area contributed by atoms with Gasteiger partial charge in [0.1, 0.15) is 5.97 Å². The highest BCUT2D eigenvalue weighted by atomic mass is 19.4. The van der Waals surface area contributed by atoms with Gasteiger partial charge in [0.15, 0.2) is 6.04 Å². The van der Waals surface area contributed by atoms with Crippen LogP contribution in [0, 0.1) is 0 Å². The number of hydrogen-bond donors (Lipinski definition) is 2. The van der Waals surface area contributed by atoms with Gasteiger partial charge in [-0.05, 0) is 17.5 Å². The molecule has 8 heteroatoms. The van der Waals surface area contributed by atoms with Crippen LogP contribution < -0.4 is 16.2 Å². The Morgan fingerprint density at radius 1 is 0.963 bits per heavy atom. The molecule has 4 N–H and O–H groups in total. The summed E-state index contributed by atoms with van der Waals surface area (Å²) in [6, 6.07) is 19.9. The second-order valence-electron chi connectivity index (χ2n) is 5.70. The maximum atomic E-state index is 12.0. The minimum Gasteiger partial charge on any atom is -0.542 e. The van der Waals surface area contributed by atoms with E-state index in [0.29, 0.717) is 13.0 Å². The third kappa shape index (κ3) is 9.41. The van der Waals surface area contributed by atoms with Crippen molar-refractivity contribution in [1.82, 2.24) is 5.32 Å². The summed E-state index contributed by atoms with van der Waals surface area (Å²) in [5.74, 6) is -2.99. The van der Waals surface area contributed by atoms with Gasteiger partial charge < -0.3 is 21.0 Å². The van der Waals surface area contributed by atoms with Gasteiger partial charge in [0.25, 0.3) is 5.91 Å². The van der Waals surface area contributed by atoms with Crippen molar-refractivity contribution in [3.8, 4) is 0 Å². The molecule has 2 rings (SSSR count). The predicted molar refractivity (Wildman–Crippen MR) is 91.0 cm³/mol. The van der Waals surface area contributed by atoms with Gasteiger partial charge in [-0.1, -0.05) is 60.7 Å². The maximum Gasteiger partial charge on any atom is 0.430 e. The lowest BCUT2D eigenvalue weighted by Crippen LogP contribution is -2.68. The second-order valence-corrected chi connectivity index (χ2v) is 5.70. The van der Waals surface area contributed by atoms with Gasteiger partial charge in [-0.3, -0.25) is 4.79 Å². The molecule has 0 aliphatic rings. The number of hydrogen-bond acceptors (Lipinski definition) is 3. The first kappa shape index (κ1) is 22.2. The molecule has 2 aromatic carbocycles. The number of carboxylic acid groups (broad SMARTS) is 1. The zero-order valence-corrected chi connectivity index (χ0v) is 14.5. The summed E-state index contributed by atoms with van der Waals surface area (Å²) in [4.78, 5) is 20.7. The van der Waals surface area contributed by atoms with Crippen LogP contribution in [0.25, 0.3) is 0 Å². The van der Waals surface area contributed by atoms with Crippen molar-refractivity contribution in [2.24, 2.45) is 0 Å². The molecule has 0 aromatic heterocycles. The first-order chi connectivity index (χ1) is 12.7. The van der Waals surface area contributed by atoms with Crippen LogP contribution in [0.15, 0.2) is 60.7 Å². The summed E-state index contributed by atoms with van der Waals surface area (Å²) in [5.41, 5.74) is 6.32. The fourth-order valence-electron chi connectivity index (χ4n) is 2.11. The summed E-state index contributed by atoms with van der Waals surface area (Å²) in [7, 11) is 0. The molecule has 0 radical (unpaired) electrons. The van der Waals surface area contributed by atoms with Crippen molar-refractivity contribution in [3.63, 3.8) is 0 Å².